The minimum absolute atomic E-state index is 0.0139. The van der Waals surface area contributed by atoms with Crippen molar-refractivity contribution < 1.29 is 9.84 Å². The predicted octanol–water partition coefficient (Wildman–Crippen LogP) is 5.43. The van der Waals surface area contributed by atoms with Crippen molar-refractivity contribution >= 4 is 11.1 Å². The summed E-state index contributed by atoms with van der Waals surface area (Å²) in [4.78, 5) is 0. The Morgan fingerprint density at radius 3 is 1.88 bits per heavy atom. The van der Waals surface area contributed by atoms with E-state index in [1.54, 1.807) is 0 Å². The Labute approximate surface area is 155 Å². The summed E-state index contributed by atoms with van der Waals surface area (Å²) in [6.45, 7) is 2.50. The minimum Gasteiger partial charge on any atom is -0.491 e. The van der Waals surface area contributed by atoms with Crippen molar-refractivity contribution in [3.05, 3.63) is 102 Å². The molecule has 0 saturated heterocycles. The topological polar surface area (TPSA) is 29.5 Å². The van der Waals surface area contributed by atoms with Crippen molar-refractivity contribution in [3.8, 4) is 5.75 Å². The first-order valence-electron chi connectivity index (χ1n) is 9.01. The Morgan fingerprint density at radius 2 is 1.35 bits per heavy atom. The molecular formula is C24H24O2. The average molecular weight is 344 g/mol. The summed E-state index contributed by atoms with van der Waals surface area (Å²) >= 11 is 0. The van der Waals surface area contributed by atoms with E-state index in [0.717, 1.165) is 17.7 Å². The van der Waals surface area contributed by atoms with Gasteiger partial charge in [0.2, 0.25) is 0 Å². The van der Waals surface area contributed by atoms with Gasteiger partial charge in [0.15, 0.2) is 0 Å². The molecule has 0 aliphatic carbocycles. The first-order chi connectivity index (χ1) is 12.8. The zero-order valence-electron chi connectivity index (χ0n) is 15.1. The molecule has 1 N–H and O–H groups in total. The normalized spacial score (nSPS) is 10.4. The maximum absolute atomic E-state index is 9.00. The predicted molar refractivity (Wildman–Crippen MR) is 108 cm³/mol. The molecule has 26 heavy (non-hydrogen) atoms. The lowest BCUT2D eigenvalue weighted by atomic mass is 9.88. The highest BCUT2D eigenvalue weighted by Gasteiger charge is 2.13. The van der Waals surface area contributed by atoms with Crippen molar-refractivity contribution in [2.24, 2.45) is 0 Å². The standard InChI is InChI=1S/C24H24O2/c1-2-23(21-14-9-15-22(18-21)26-17-16-25)24(19-10-5-3-6-11-19)20-12-7-4-8-13-20/h3-15,18,25H,2,16-17H2,1H3. The molecule has 0 aromatic heterocycles. The first-order valence-corrected chi connectivity index (χ1v) is 9.01. The van der Waals surface area contributed by atoms with Gasteiger partial charge in [-0.25, -0.2) is 0 Å². The third-order valence-corrected chi connectivity index (χ3v) is 4.32. The number of hydrogen-bond acceptors (Lipinski definition) is 2. The van der Waals surface area contributed by atoms with Crippen molar-refractivity contribution in [1.82, 2.24) is 0 Å². The summed E-state index contributed by atoms with van der Waals surface area (Å²) in [7, 11) is 0. The lowest BCUT2D eigenvalue weighted by Crippen LogP contribution is -2.02. The fourth-order valence-electron chi connectivity index (χ4n) is 3.19. The number of benzene rings is 3. The molecule has 2 heteroatoms. The Hall–Kier alpha value is -2.84. The van der Waals surface area contributed by atoms with Crippen LogP contribution >= 0.6 is 0 Å². The van der Waals surface area contributed by atoms with Gasteiger partial charge in [-0.15, -0.1) is 0 Å². The summed E-state index contributed by atoms with van der Waals surface area (Å²) in [5, 5.41) is 9.00. The van der Waals surface area contributed by atoms with Gasteiger partial charge >= 0.3 is 0 Å². The molecule has 0 heterocycles. The fraction of sp³-hybridized carbons (Fsp3) is 0.167. The molecule has 0 fully saturated rings. The smallest absolute Gasteiger partial charge is 0.120 e. The molecule has 0 amide bonds. The molecule has 0 radical (unpaired) electrons. The second-order valence-corrected chi connectivity index (χ2v) is 6.04. The van der Waals surface area contributed by atoms with Crippen LogP contribution in [0.5, 0.6) is 5.75 Å². The van der Waals surface area contributed by atoms with Crippen LogP contribution < -0.4 is 4.74 Å². The number of aliphatic hydroxyl groups excluding tert-OH is 1. The molecule has 0 atom stereocenters. The van der Waals surface area contributed by atoms with Gasteiger partial charge in [0.25, 0.3) is 0 Å². The van der Waals surface area contributed by atoms with Gasteiger partial charge < -0.3 is 9.84 Å². The van der Waals surface area contributed by atoms with Crippen molar-refractivity contribution in [1.29, 1.82) is 0 Å². The van der Waals surface area contributed by atoms with Gasteiger partial charge in [-0.05, 0) is 46.4 Å². The fourth-order valence-corrected chi connectivity index (χ4v) is 3.19. The van der Waals surface area contributed by atoms with Gasteiger partial charge in [-0.3, -0.25) is 0 Å². The zero-order valence-corrected chi connectivity index (χ0v) is 15.1. The van der Waals surface area contributed by atoms with Gasteiger partial charge in [-0.2, -0.15) is 0 Å². The molecule has 0 spiro atoms. The highest BCUT2D eigenvalue weighted by molar-refractivity contribution is 5.98. The third-order valence-electron chi connectivity index (χ3n) is 4.32. The summed E-state index contributed by atoms with van der Waals surface area (Å²) in [6, 6.07) is 29.1. The molecule has 0 bridgehead atoms. The second-order valence-electron chi connectivity index (χ2n) is 6.04. The van der Waals surface area contributed by atoms with E-state index in [1.807, 2.05) is 24.3 Å². The van der Waals surface area contributed by atoms with Crippen LogP contribution in [0.25, 0.3) is 11.1 Å². The highest BCUT2D eigenvalue weighted by atomic mass is 16.5. The Bertz CT molecular complexity index is 810. The lowest BCUT2D eigenvalue weighted by Gasteiger charge is -2.17. The quantitative estimate of drug-likeness (QED) is 0.579. The monoisotopic (exact) mass is 344 g/mol. The number of aliphatic hydroxyl groups is 1. The van der Waals surface area contributed by atoms with E-state index in [9.17, 15) is 0 Å². The van der Waals surface area contributed by atoms with E-state index >= 15 is 0 Å². The molecule has 0 aliphatic heterocycles. The third kappa shape index (κ3) is 4.22. The maximum atomic E-state index is 9.00. The second kappa shape index (κ2) is 9.02. The largest absolute Gasteiger partial charge is 0.491 e. The van der Waals surface area contributed by atoms with E-state index in [0.29, 0.717) is 6.61 Å². The Kier molecular flexibility index (Phi) is 6.24. The van der Waals surface area contributed by atoms with Crippen LogP contribution in [0.1, 0.15) is 30.0 Å². The SMILES string of the molecule is CCC(=C(c1ccccc1)c1ccccc1)c1cccc(OCCO)c1. The number of rotatable bonds is 7. The maximum Gasteiger partial charge on any atom is 0.120 e. The van der Waals surface area contributed by atoms with E-state index in [-0.39, 0.29) is 6.61 Å². The van der Waals surface area contributed by atoms with Crippen LogP contribution in [0.15, 0.2) is 84.9 Å². The van der Waals surface area contributed by atoms with Gasteiger partial charge in [0, 0.05) is 0 Å². The molecule has 3 aromatic rings. The number of ether oxygens (including phenoxy) is 1. The average Bonchev–Trinajstić information content (AvgIpc) is 2.72. The van der Waals surface area contributed by atoms with E-state index < -0.39 is 0 Å². The molecule has 0 aliphatic rings. The molecule has 2 nitrogen and oxygen atoms in total. The zero-order chi connectivity index (χ0) is 18.2. The van der Waals surface area contributed by atoms with Crippen LogP contribution in [0, 0.1) is 0 Å². The summed E-state index contributed by atoms with van der Waals surface area (Å²) in [6.07, 6.45) is 0.905. The van der Waals surface area contributed by atoms with Gasteiger partial charge in [0.05, 0.1) is 6.61 Å². The number of allylic oxidation sites excluding steroid dienone is 1. The molecule has 0 saturated carbocycles. The highest BCUT2D eigenvalue weighted by Crippen LogP contribution is 2.35. The molecule has 3 aromatic carbocycles. The first kappa shape index (κ1) is 18.0. The summed E-state index contributed by atoms with van der Waals surface area (Å²) < 4.78 is 5.61. The van der Waals surface area contributed by atoms with Crippen molar-refractivity contribution in [2.75, 3.05) is 13.2 Å². The van der Waals surface area contributed by atoms with Crippen molar-refractivity contribution in [3.63, 3.8) is 0 Å². The van der Waals surface area contributed by atoms with Crippen molar-refractivity contribution in [2.45, 2.75) is 13.3 Å². The molecule has 0 unspecified atom stereocenters. The van der Waals surface area contributed by atoms with Gasteiger partial charge in [0.1, 0.15) is 12.4 Å². The Balaban J connectivity index is 2.16. The molecule has 3 rings (SSSR count). The minimum atomic E-state index is 0.0139. The van der Waals surface area contributed by atoms with E-state index in [1.165, 1.54) is 22.3 Å². The van der Waals surface area contributed by atoms with Gasteiger partial charge in [-0.1, -0.05) is 79.7 Å². The molecular weight excluding hydrogens is 320 g/mol. The van der Waals surface area contributed by atoms with E-state index in [2.05, 4.69) is 67.6 Å². The van der Waals surface area contributed by atoms with Crippen LogP contribution in [-0.4, -0.2) is 18.3 Å². The van der Waals surface area contributed by atoms with E-state index in [4.69, 9.17) is 9.84 Å². The summed E-state index contributed by atoms with van der Waals surface area (Å²) in [5.74, 6) is 0.781. The Morgan fingerprint density at radius 1 is 0.769 bits per heavy atom. The van der Waals surface area contributed by atoms with Crippen LogP contribution in [0.4, 0.5) is 0 Å². The summed E-state index contributed by atoms with van der Waals surface area (Å²) in [5.41, 5.74) is 6.07. The number of hydrogen-bond donors (Lipinski definition) is 1. The van der Waals surface area contributed by atoms with Crippen LogP contribution in [0.3, 0.4) is 0 Å². The molecule has 132 valence electrons. The van der Waals surface area contributed by atoms with Crippen LogP contribution in [0.2, 0.25) is 0 Å². The van der Waals surface area contributed by atoms with Crippen LogP contribution in [-0.2, 0) is 0 Å². The lowest BCUT2D eigenvalue weighted by molar-refractivity contribution is 0.201.